The summed E-state index contributed by atoms with van der Waals surface area (Å²) in [6.07, 6.45) is 6.20. The van der Waals surface area contributed by atoms with Crippen LogP contribution in [0.2, 0.25) is 0 Å². The molecule has 1 saturated carbocycles. The van der Waals surface area contributed by atoms with E-state index in [0.29, 0.717) is 0 Å². The van der Waals surface area contributed by atoms with Crippen LogP contribution in [0.4, 0.5) is 17.1 Å². The lowest BCUT2D eigenvalue weighted by atomic mass is 9.65. The van der Waals surface area contributed by atoms with E-state index >= 15 is 0 Å². The Morgan fingerprint density at radius 2 is 1.00 bits per heavy atom. The van der Waals surface area contributed by atoms with Crippen LogP contribution in [0.1, 0.15) is 43.2 Å². The Morgan fingerprint density at radius 1 is 0.407 bits per heavy atom. The van der Waals surface area contributed by atoms with Gasteiger partial charge in [-0.15, -0.1) is 0 Å². The van der Waals surface area contributed by atoms with E-state index in [-0.39, 0.29) is 5.41 Å². The molecule has 0 aliphatic heterocycles. The van der Waals surface area contributed by atoms with Gasteiger partial charge in [-0.2, -0.15) is 0 Å². The van der Waals surface area contributed by atoms with E-state index in [9.17, 15) is 0 Å². The Labute approximate surface area is 317 Å². The number of aromatic nitrogens is 1. The number of anilines is 3. The minimum Gasteiger partial charge on any atom is -0.310 e. The van der Waals surface area contributed by atoms with E-state index in [2.05, 4.69) is 204 Å². The van der Waals surface area contributed by atoms with Crippen LogP contribution in [0.3, 0.4) is 0 Å². The molecule has 0 amide bonds. The first-order chi connectivity index (χ1) is 26.8. The van der Waals surface area contributed by atoms with Crippen molar-refractivity contribution in [1.29, 1.82) is 0 Å². The van der Waals surface area contributed by atoms with Gasteiger partial charge in [-0.1, -0.05) is 165 Å². The van der Waals surface area contributed by atoms with Crippen LogP contribution in [-0.4, -0.2) is 4.57 Å². The number of nitrogens with zero attached hydrogens (tertiary/aromatic N) is 2. The predicted octanol–water partition coefficient (Wildman–Crippen LogP) is 14.3. The summed E-state index contributed by atoms with van der Waals surface area (Å²) in [5.41, 5.74) is 12.3. The molecule has 0 spiro atoms. The average molecular weight is 695 g/mol. The van der Waals surface area contributed by atoms with Gasteiger partial charge in [0.2, 0.25) is 0 Å². The molecule has 54 heavy (non-hydrogen) atoms. The number of para-hydroxylation sites is 3. The Bertz CT molecular complexity index is 2730. The van der Waals surface area contributed by atoms with Gasteiger partial charge in [0.25, 0.3) is 0 Å². The van der Waals surface area contributed by atoms with Crippen molar-refractivity contribution in [3.8, 4) is 16.8 Å². The van der Waals surface area contributed by atoms with Crippen molar-refractivity contribution in [2.75, 3.05) is 4.90 Å². The molecule has 2 heteroatoms. The molecule has 1 fully saturated rings. The summed E-state index contributed by atoms with van der Waals surface area (Å²) >= 11 is 0. The second-order valence-electron chi connectivity index (χ2n) is 14.8. The van der Waals surface area contributed by atoms with Crippen molar-refractivity contribution in [2.24, 2.45) is 0 Å². The van der Waals surface area contributed by atoms with Gasteiger partial charge in [-0.25, -0.2) is 0 Å². The lowest BCUT2D eigenvalue weighted by Gasteiger charge is -2.39. The van der Waals surface area contributed by atoms with Crippen LogP contribution in [0.25, 0.3) is 49.4 Å². The summed E-state index contributed by atoms with van der Waals surface area (Å²) in [5.74, 6) is 0. The summed E-state index contributed by atoms with van der Waals surface area (Å²) in [4.78, 5) is 2.48. The van der Waals surface area contributed by atoms with Gasteiger partial charge >= 0.3 is 0 Å². The summed E-state index contributed by atoms with van der Waals surface area (Å²) in [6, 6.07) is 71.7. The molecule has 0 bridgehead atoms. The second kappa shape index (κ2) is 13.5. The molecule has 0 saturated heterocycles. The third-order valence-corrected chi connectivity index (χ3v) is 11.9. The Morgan fingerprint density at radius 3 is 1.81 bits per heavy atom. The highest BCUT2D eigenvalue weighted by Crippen LogP contribution is 2.48. The molecule has 0 radical (unpaired) electrons. The third-order valence-electron chi connectivity index (χ3n) is 11.9. The first-order valence-corrected chi connectivity index (χ1v) is 19.4. The topological polar surface area (TPSA) is 8.17 Å². The second-order valence-corrected chi connectivity index (χ2v) is 14.8. The van der Waals surface area contributed by atoms with Gasteiger partial charge < -0.3 is 9.47 Å². The van der Waals surface area contributed by atoms with Crippen molar-refractivity contribution in [1.82, 2.24) is 4.57 Å². The van der Waals surface area contributed by atoms with Gasteiger partial charge in [-0.05, 0) is 88.8 Å². The minimum atomic E-state index is 0.0409. The van der Waals surface area contributed by atoms with E-state index in [4.69, 9.17) is 0 Å². The fourth-order valence-corrected chi connectivity index (χ4v) is 9.32. The highest BCUT2D eigenvalue weighted by Gasteiger charge is 2.35. The number of rotatable bonds is 7. The van der Waals surface area contributed by atoms with E-state index in [1.54, 1.807) is 0 Å². The maximum absolute atomic E-state index is 2.48. The molecule has 1 aliphatic rings. The zero-order valence-corrected chi connectivity index (χ0v) is 30.4. The van der Waals surface area contributed by atoms with Gasteiger partial charge in [0, 0.05) is 38.8 Å². The molecular formula is C52H42N2. The highest BCUT2D eigenvalue weighted by molar-refractivity contribution is 6.10. The molecule has 8 aromatic carbocycles. The van der Waals surface area contributed by atoms with Crippen LogP contribution < -0.4 is 4.90 Å². The average Bonchev–Trinajstić information content (AvgIpc) is 3.58. The van der Waals surface area contributed by atoms with E-state index < -0.39 is 0 Å². The molecule has 260 valence electrons. The van der Waals surface area contributed by atoms with Crippen molar-refractivity contribution in [2.45, 2.75) is 37.5 Å². The molecule has 0 N–H and O–H groups in total. The first kappa shape index (κ1) is 32.3. The summed E-state index contributed by atoms with van der Waals surface area (Å²) in [7, 11) is 0. The normalized spacial score (nSPS) is 14.1. The number of benzene rings is 8. The zero-order valence-electron chi connectivity index (χ0n) is 30.4. The molecule has 10 rings (SSSR count). The molecule has 2 nitrogen and oxygen atoms in total. The number of hydrogen-bond donors (Lipinski definition) is 0. The molecule has 1 heterocycles. The highest BCUT2D eigenvalue weighted by atomic mass is 15.1. The monoisotopic (exact) mass is 694 g/mol. The number of fused-ring (bicyclic) bond motifs is 4. The Kier molecular flexibility index (Phi) is 8.10. The fourth-order valence-electron chi connectivity index (χ4n) is 9.32. The maximum Gasteiger partial charge on any atom is 0.0561 e. The van der Waals surface area contributed by atoms with Crippen LogP contribution >= 0.6 is 0 Å². The summed E-state index contributed by atoms with van der Waals surface area (Å²) < 4.78 is 2.42. The predicted molar refractivity (Wildman–Crippen MR) is 229 cm³/mol. The standard InChI is InChI=1S/C52H42N2/c1-4-19-39(20-5-1)52(35-14-3-15-36-52)40-29-31-42(32-30-40)53(49-27-12-10-24-46(49)45-26-16-18-38-17-8-9-23-44(38)45)43-33-34-48-47-25-11-13-28-50(47)54(51(48)37-43)41-21-6-2-7-22-41/h1-2,4-13,16-34,37H,3,14-15,35-36H2. The van der Waals surface area contributed by atoms with E-state index in [0.717, 1.165) is 22.7 Å². The van der Waals surface area contributed by atoms with Crippen molar-refractivity contribution >= 4 is 49.6 Å². The largest absolute Gasteiger partial charge is 0.310 e. The molecule has 9 aromatic rings. The van der Waals surface area contributed by atoms with Crippen LogP contribution in [-0.2, 0) is 5.41 Å². The molecule has 1 aliphatic carbocycles. The summed E-state index contributed by atoms with van der Waals surface area (Å²) in [5, 5.41) is 5.00. The van der Waals surface area contributed by atoms with Gasteiger partial charge in [0.15, 0.2) is 0 Å². The molecule has 1 aromatic heterocycles. The van der Waals surface area contributed by atoms with Crippen LogP contribution in [0.15, 0.2) is 194 Å². The van der Waals surface area contributed by atoms with Crippen molar-refractivity contribution < 1.29 is 0 Å². The lowest BCUT2D eigenvalue weighted by Crippen LogP contribution is -2.30. The molecule has 0 unspecified atom stereocenters. The van der Waals surface area contributed by atoms with Gasteiger partial charge in [0.05, 0.1) is 16.7 Å². The van der Waals surface area contributed by atoms with Crippen molar-refractivity contribution in [3.63, 3.8) is 0 Å². The quantitative estimate of drug-likeness (QED) is 0.161. The minimum absolute atomic E-state index is 0.0409. The molecule has 0 atom stereocenters. The lowest BCUT2D eigenvalue weighted by molar-refractivity contribution is 0.346. The Balaban J connectivity index is 1.20. The van der Waals surface area contributed by atoms with E-state index in [1.165, 1.54) is 86.9 Å². The number of hydrogen-bond acceptors (Lipinski definition) is 1. The fraction of sp³-hybridized carbons (Fsp3) is 0.115. The summed E-state index contributed by atoms with van der Waals surface area (Å²) in [6.45, 7) is 0. The van der Waals surface area contributed by atoms with Crippen LogP contribution in [0, 0.1) is 0 Å². The Hall–Kier alpha value is -6.38. The maximum atomic E-state index is 2.48. The smallest absolute Gasteiger partial charge is 0.0561 e. The van der Waals surface area contributed by atoms with Gasteiger partial charge in [0.1, 0.15) is 0 Å². The van der Waals surface area contributed by atoms with E-state index in [1.807, 2.05) is 0 Å². The third kappa shape index (κ3) is 5.41. The first-order valence-electron chi connectivity index (χ1n) is 19.4. The zero-order chi connectivity index (χ0) is 35.9. The van der Waals surface area contributed by atoms with Crippen molar-refractivity contribution in [3.05, 3.63) is 205 Å². The molecular weight excluding hydrogens is 653 g/mol. The van der Waals surface area contributed by atoms with Gasteiger partial charge in [-0.3, -0.25) is 0 Å². The van der Waals surface area contributed by atoms with Crippen LogP contribution in [0.5, 0.6) is 0 Å². The SMILES string of the molecule is c1ccc(-n2c3ccccc3c3ccc(N(c4ccc(C5(c6ccccc6)CCCCC5)cc4)c4ccccc4-c4cccc5ccccc45)cc32)cc1.